The second-order valence-corrected chi connectivity index (χ2v) is 4.69. The number of para-hydroxylation sites is 2. The topological polar surface area (TPSA) is 90.6 Å². The predicted octanol–water partition coefficient (Wildman–Crippen LogP) is 1.85. The Kier molecular flexibility index (Phi) is 5.71. The number of nitrogens with two attached hydrogens (primary N) is 1. The van der Waals surface area contributed by atoms with Gasteiger partial charge in [-0.05, 0) is 36.4 Å². The van der Waals surface area contributed by atoms with Gasteiger partial charge in [-0.25, -0.2) is 0 Å². The number of ether oxygens (including phenoxy) is 2. The molecule has 0 aliphatic rings. The molecule has 2 aromatic rings. The number of hydrogen-bond acceptors (Lipinski definition) is 5. The molecule has 3 N–H and O–H groups in total. The van der Waals surface area contributed by atoms with Crippen LogP contribution in [0.5, 0.6) is 11.5 Å². The quantitative estimate of drug-likeness (QED) is 0.761. The molecule has 0 bridgehead atoms. The van der Waals surface area contributed by atoms with E-state index in [0.29, 0.717) is 22.7 Å². The number of ketones is 1. The molecule has 23 heavy (non-hydrogen) atoms. The molecule has 0 aliphatic heterocycles. The Balaban J connectivity index is 1.91. The van der Waals surface area contributed by atoms with Crippen LogP contribution in [-0.2, 0) is 4.79 Å². The summed E-state index contributed by atoms with van der Waals surface area (Å²) in [6, 6.07) is 13.6. The standard InChI is InChI=1S/C17H18N2O4/c1-22-15-4-2-3-5-16(15)23-11-17(21)19-13-8-6-12(7-9-13)14(20)10-18/h2-9H,10-11,18H2,1H3,(H,19,21). The molecule has 6 heteroatoms. The van der Waals surface area contributed by atoms with Crippen molar-refractivity contribution in [3.8, 4) is 11.5 Å². The molecule has 0 radical (unpaired) electrons. The van der Waals surface area contributed by atoms with E-state index >= 15 is 0 Å². The van der Waals surface area contributed by atoms with E-state index in [2.05, 4.69) is 5.32 Å². The summed E-state index contributed by atoms with van der Waals surface area (Å²) in [4.78, 5) is 23.3. The van der Waals surface area contributed by atoms with Crippen LogP contribution in [0.25, 0.3) is 0 Å². The van der Waals surface area contributed by atoms with Gasteiger partial charge in [0.1, 0.15) is 0 Å². The summed E-state index contributed by atoms with van der Waals surface area (Å²) >= 11 is 0. The SMILES string of the molecule is COc1ccccc1OCC(=O)Nc1ccc(C(=O)CN)cc1. The molecule has 2 aromatic carbocycles. The normalized spacial score (nSPS) is 10.0. The smallest absolute Gasteiger partial charge is 0.262 e. The lowest BCUT2D eigenvalue weighted by molar-refractivity contribution is -0.118. The first-order chi connectivity index (χ1) is 11.1. The monoisotopic (exact) mass is 314 g/mol. The van der Waals surface area contributed by atoms with Crippen LogP contribution >= 0.6 is 0 Å². The van der Waals surface area contributed by atoms with Gasteiger partial charge >= 0.3 is 0 Å². The van der Waals surface area contributed by atoms with Gasteiger partial charge in [0.05, 0.1) is 13.7 Å². The number of hydrogen-bond donors (Lipinski definition) is 2. The largest absolute Gasteiger partial charge is 0.493 e. The molecule has 2 rings (SSSR count). The van der Waals surface area contributed by atoms with Crippen molar-refractivity contribution in [2.75, 3.05) is 25.6 Å². The summed E-state index contributed by atoms with van der Waals surface area (Å²) in [5, 5.41) is 2.69. The van der Waals surface area contributed by atoms with E-state index in [0.717, 1.165) is 0 Å². The molecule has 1 amide bonds. The molecule has 0 aliphatic carbocycles. The third kappa shape index (κ3) is 4.55. The van der Waals surface area contributed by atoms with Crippen molar-refractivity contribution in [1.29, 1.82) is 0 Å². The van der Waals surface area contributed by atoms with E-state index in [1.54, 1.807) is 42.5 Å². The highest BCUT2D eigenvalue weighted by atomic mass is 16.5. The minimum Gasteiger partial charge on any atom is -0.493 e. The average Bonchev–Trinajstić information content (AvgIpc) is 2.60. The number of anilines is 1. The molecule has 0 fully saturated rings. The Morgan fingerprint density at radius 1 is 1.04 bits per heavy atom. The number of Topliss-reactive ketones (excluding diaryl/α,β-unsaturated/α-hetero) is 1. The Morgan fingerprint density at radius 2 is 1.70 bits per heavy atom. The Morgan fingerprint density at radius 3 is 2.30 bits per heavy atom. The van der Waals surface area contributed by atoms with Crippen LogP contribution in [0.1, 0.15) is 10.4 Å². The molecule has 0 atom stereocenters. The Bertz CT molecular complexity index is 683. The number of benzene rings is 2. The maximum atomic E-state index is 11.9. The van der Waals surface area contributed by atoms with Crippen molar-refractivity contribution in [1.82, 2.24) is 0 Å². The van der Waals surface area contributed by atoms with Gasteiger partial charge in [-0.2, -0.15) is 0 Å². The summed E-state index contributed by atoms with van der Waals surface area (Å²) in [7, 11) is 1.53. The van der Waals surface area contributed by atoms with Crippen molar-refractivity contribution < 1.29 is 19.1 Å². The van der Waals surface area contributed by atoms with Gasteiger partial charge in [0, 0.05) is 11.3 Å². The van der Waals surface area contributed by atoms with Crippen molar-refractivity contribution >= 4 is 17.4 Å². The van der Waals surface area contributed by atoms with Gasteiger partial charge < -0.3 is 20.5 Å². The second kappa shape index (κ2) is 7.95. The Hall–Kier alpha value is -2.86. The van der Waals surface area contributed by atoms with Crippen LogP contribution in [0, 0.1) is 0 Å². The maximum absolute atomic E-state index is 11.9. The van der Waals surface area contributed by atoms with Gasteiger partial charge in [-0.3, -0.25) is 9.59 Å². The lowest BCUT2D eigenvalue weighted by Crippen LogP contribution is -2.20. The fraction of sp³-hybridized carbons (Fsp3) is 0.176. The zero-order valence-electron chi connectivity index (χ0n) is 12.7. The fourth-order valence-electron chi connectivity index (χ4n) is 1.94. The van der Waals surface area contributed by atoms with E-state index in [-0.39, 0.29) is 24.8 Å². The summed E-state index contributed by atoms with van der Waals surface area (Å²) in [5.74, 6) is 0.593. The van der Waals surface area contributed by atoms with Crippen LogP contribution in [0.4, 0.5) is 5.69 Å². The summed E-state index contributed by atoms with van der Waals surface area (Å²) in [5.41, 5.74) is 6.38. The lowest BCUT2D eigenvalue weighted by Gasteiger charge is -2.10. The molecule has 0 saturated carbocycles. The number of carbonyl (C=O) groups excluding carboxylic acids is 2. The summed E-state index contributed by atoms with van der Waals surface area (Å²) in [6.45, 7) is -0.192. The predicted molar refractivity (Wildman–Crippen MR) is 86.9 cm³/mol. The van der Waals surface area contributed by atoms with Gasteiger partial charge in [-0.15, -0.1) is 0 Å². The van der Waals surface area contributed by atoms with E-state index in [1.165, 1.54) is 7.11 Å². The molecule has 0 aromatic heterocycles. The first-order valence-electron chi connectivity index (χ1n) is 7.03. The highest BCUT2D eigenvalue weighted by Crippen LogP contribution is 2.25. The van der Waals surface area contributed by atoms with Crippen molar-refractivity contribution in [2.24, 2.45) is 5.73 Å². The van der Waals surface area contributed by atoms with Crippen LogP contribution in [0.2, 0.25) is 0 Å². The average molecular weight is 314 g/mol. The number of amides is 1. The van der Waals surface area contributed by atoms with Crippen LogP contribution in [-0.4, -0.2) is 32.0 Å². The molecule has 0 spiro atoms. The highest BCUT2D eigenvalue weighted by Gasteiger charge is 2.08. The van der Waals surface area contributed by atoms with Crippen molar-refractivity contribution in [3.63, 3.8) is 0 Å². The van der Waals surface area contributed by atoms with E-state index in [9.17, 15) is 9.59 Å². The molecule has 120 valence electrons. The minimum absolute atomic E-state index is 0.0432. The molecule has 6 nitrogen and oxygen atoms in total. The number of rotatable bonds is 7. The number of methoxy groups -OCH3 is 1. The molecule has 0 saturated heterocycles. The fourth-order valence-corrected chi connectivity index (χ4v) is 1.94. The Labute approximate surface area is 134 Å². The first-order valence-corrected chi connectivity index (χ1v) is 7.03. The van der Waals surface area contributed by atoms with Gasteiger partial charge in [0.2, 0.25) is 0 Å². The van der Waals surface area contributed by atoms with Gasteiger partial charge in [-0.1, -0.05) is 12.1 Å². The summed E-state index contributed by atoms with van der Waals surface area (Å²) in [6.07, 6.45) is 0. The van der Waals surface area contributed by atoms with Gasteiger partial charge in [0.25, 0.3) is 5.91 Å². The summed E-state index contributed by atoms with van der Waals surface area (Å²) < 4.78 is 10.6. The van der Waals surface area contributed by atoms with E-state index < -0.39 is 0 Å². The van der Waals surface area contributed by atoms with Crippen LogP contribution in [0.15, 0.2) is 48.5 Å². The van der Waals surface area contributed by atoms with Crippen molar-refractivity contribution in [3.05, 3.63) is 54.1 Å². The number of carbonyl (C=O) groups is 2. The third-order valence-electron chi connectivity index (χ3n) is 3.10. The zero-order valence-corrected chi connectivity index (χ0v) is 12.7. The second-order valence-electron chi connectivity index (χ2n) is 4.69. The minimum atomic E-state index is -0.311. The van der Waals surface area contributed by atoms with E-state index in [4.69, 9.17) is 15.2 Å². The van der Waals surface area contributed by atoms with Crippen molar-refractivity contribution in [2.45, 2.75) is 0 Å². The number of nitrogens with one attached hydrogen (secondary N) is 1. The molecule has 0 heterocycles. The molecular weight excluding hydrogens is 296 g/mol. The van der Waals surface area contributed by atoms with Crippen LogP contribution in [0.3, 0.4) is 0 Å². The maximum Gasteiger partial charge on any atom is 0.262 e. The first kappa shape index (κ1) is 16.5. The highest BCUT2D eigenvalue weighted by molar-refractivity contribution is 5.98. The van der Waals surface area contributed by atoms with E-state index in [1.807, 2.05) is 6.07 Å². The molecule has 0 unspecified atom stereocenters. The van der Waals surface area contributed by atoms with Crippen LogP contribution < -0.4 is 20.5 Å². The van der Waals surface area contributed by atoms with Gasteiger partial charge in [0.15, 0.2) is 23.9 Å². The lowest BCUT2D eigenvalue weighted by atomic mass is 10.1. The molecular formula is C17H18N2O4. The third-order valence-corrected chi connectivity index (χ3v) is 3.10. The zero-order chi connectivity index (χ0) is 16.7.